The van der Waals surface area contributed by atoms with Gasteiger partial charge in [0.15, 0.2) is 5.78 Å². The molecule has 4 heteroatoms. The number of anilines is 1. The molecule has 0 saturated carbocycles. The van der Waals surface area contributed by atoms with Crippen LogP contribution in [0, 0.1) is 0 Å². The van der Waals surface area contributed by atoms with E-state index in [0.29, 0.717) is 28.4 Å². The summed E-state index contributed by atoms with van der Waals surface area (Å²) in [5, 5.41) is 0.595. The highest BCUT2D eigenvalue weighted by Crippen LogP contribution is 2.19. The highest BCUT2D eigenvalue weighted by molar-refractivity contribution is 6.30. The second kappa shape index (κ2) is 5.21. The minimum absolute atomic E-state index is 0.118. The molecule has 0 aliphatic rings. The van der Waals surface area contributed by atoms with Crippen molar-refractivity contribution >= 4 is 23.1 Å². The van der Waals surface area contributed by atoms with Crippen molar-refractivity contribution in [2.45, 2.75) is 6.54 Å². The van der Waals surface area contributed by atoms with Crippen LogP contribution in [0.3, 0.4) is 0 Å². The zero-order chi connectivity index (χ0) is 13.1. The van der Waals surface area contributed by atoms with Crippen molar-refractivity contribution in [1.82, 2.24) is 0 Å². The van der Waals surface area contributed by atoms with Crippen molar-refractivity contribution in [3.8, 4) is 0 Å². The highest BCUT2D eigenvalue weighted by Gasteiger charge is 2.12. The number of hydrogen-bond acceptors (Lipinski definition) is 3. The van der Waals surface area contributed by atoms with Gasteiger partial charge in [0, 0.05) is 28.4 Å². The Balaban J connectivity index is 2.37. The molecule has 0 atom stereocenters. The maximum atomic E-state index is 12.2. The normalized spacial score (nSPS) is 10.3. The lowest BCUT2D eigenvalue weighted by Crippen LogP contribution is -2.07. The van der Waals surface area contributed by atoms with Gasteiger partial charge in [-0.05, 0) is 42.0 Å². The number of carbonyl (C=O) groups excluding carboxylic acids is 1. The van der Waals surface area contributed by atoms with Crippen molar-refractivity contribution in [2.24, 2.45) is 5.73 Å². The summed E-state index contributed by atoms with van der Waals surface area (Å²) < 4.78 is 0. The molecule has 0 fully saturated rings. The van der Waals surface area contributed by atoms with Crippen LogP contribution in [-0.4, -0.2) is 5.78 Å². The molecule has 0 unspecified atom stereocenters. The van der Waals surface area contributed by atoms with Crippen molar-refractivity contribution in [1.29, 1.82) is 0 Å². The molecule has 0 saturated heterocycles. The SMILES string of the molecule is NCc1ccc(C(=O)c2ccc(Cl)cc2)c(N)c1. The Kier molecular flexibility index (Phi) is 3.65. The van der Waals surface area contributed by atoms with Crippen LogP contribution < -0.4 is 11.5 Å². The summed E-state index contributed by atoms with van der Waals surface area (Å²) in [4.78, 5) is 12.2. The van der Waals surface area contributed by atoms with Crippen molar-refractivity contribution < 1.29 is 4.79 Å². The fraction of sp³-hybridized carbons (Fsp3) is 0.0714. The fourth-order valence-electron chi connectivity index (χ4n) is 1.70. The summed E-state index contributed by atoms with van der Waals surface area (Å²) in [6.07, 6.45) is 0. The molecule has 18 heavy (non-hydrogen) atoms. The van der Waals surface area contributed by atoms with Gasteiger partial charge in [-0.2, -0.15) is 0 Å². The van der Waals surface area contributed by atoms with Gasteiger partial charge in [0.05, 0.1) is 0 Å². The molecule has 2 aromatic rings. The maximum Gasteiger partial charge on any atom is 0.195 e. The molecule has 0 radical (unpaired) electrons. The first-order chi connectivity index (χ1) is 8.61. The van der Waals surface area contributed by atoms with Crippen LogP contribution in [0.1, 0.15) is 21.5 Å². The van der Waals surface area contributed by atoms with Crippen LogP contribution in [0.25, 0.3) is 0 Å². The summed E-state index contributed by atoms with van der Waals surface area (Å²) in [5.74, 6) is -0.118. The fourth-order valence-corrected chi connectivity index (χ4v) is 1.83. The monoisotopic (exact) mass is 260 g/mol. The van der Waals surface area contributed by atoms with Gasteiger partial charge in [-0.1, -0.05) is 17.7 Å². The lowest BCUT2D eigenvalue weighted by Gasteiger charge is -2.07. The third kappa shape index (κ3) is 2.53. The Bertz CT molecular complexity index is 579. The van der Waals surface area contributed by atoms with E-state index in [0.717, 1.165) is 5.56 Å². The van der Waals surface area contributed by atoms with E-state index in [9.17, 15) is 4.79 Å². The molecule has 0 spiro atoms. The molecule has 4 N–H and O–H groups in total. The maximum absolute atomic E-state index is 12.2. The van der Waals surface area contributed by atoms with Gasteiger partial charge in [-0.3, -0.25) is 4.79 Å². The first kappa shape index (κ1) is 12.6. The lowest BCUT2D eigenvalue weighted by molar-refractivity contribution is 0.103. The molecule has 92 valence electrons. The van der Waals surface area contributed by atoms with E-state index in [1.807, 2.05) is 0 Å². The Hall–Kier alpha value is -1.84. The Labute approximate surface area is 110 Å². The van der Waals surface area contributed by atoms with Crippen molar-refractivity contribution in [2.75, 3.05) is 5.73 Å². The first-order valence-electron chi connectivity index (χ1n) is 5.50. The summed E-state index contributed by atoms with van der Waals surface area (Å²) in [7, 11) is 0. The third-order valence-electron chi connectivity index (χ3n) is 2.70. The molecule has 0 amide bonds. The molecule has 2 rings (SSSR count). The van der Waals surface area contributed by atoms with E-state index < -0.39 is 0 Å². The number of rotatable bonds is 3. The van der Waals surface area contributed by atoms with Gasteiger partial charge >= 0.3 is 0 Å². The molecule has 0 bridgehead atoms. The second-order valence-corrected chi connectivity index (χ2v) is 4.40. The van der Waals surface area contributed by atoms with E-state index >= 15 is 0 Å². The highest BCUT2D eigenvalue weighted by atomic mass is 35.5. The molecule has 0 aliphatic carbocycles. The van der Waals surface area contributed by atoms with Crippen molar-refractivity contribution in [3.05, 3.63) is 64.2 Å². The summed E-state index contributed by atoms with van der Waals surface area (Å²) in [5.41, 5.74) is 13.8. The number of halogens is 1. The number of benzene rings is 2. The Morgan fingerprint density at radius 1 is 1.11 bits per heavy atom. The van der Waals surface area contributed by atoms with E-state index in [-0.39, 0.29) is 5.78 Å². The number of ketones is 1. The second-order valence-electron chi connectivity index (χ2n) is 3.96. The zero-order valence-electron chi connectivity index (χ0n) is 9.69. The first-order valence-corrected chi connectivity index (χ1v) is 5.88. The molecular formula is C14H13ClN2O. The number of hydrogen-bond donors (Lipinski definition) is 2. The van der Waals surface area contributed by atoms with E-state index in [1.54, 1.807) is 42.5 Å². The largest absolute Gasteiger partial charge is 0.398 e. The Morgan fingerprint density at radius 2 is 1.78 bits per heavy atom. The van der Waals surface area contributed by atoms with Gasteiger partial charge in [0.25, 0.3) is 0 Å². The number of nitrogens with two attached hydrogens (primary N) is 2. The van der Waals surface area contributed by atoms with Crippen molar-refractivity contribution in [3.63, 3.8) is 0 Å². The summed E-state index contributed by atoms with van der Waals surface area (Å²) in [6, 6.07) is 12.0. The minimum atomic E-state index is -0.118. The lowest BCUT2D eigenvalue weighted by atomic mass is 10.0. The Morgan fingerprint density at radius 3 is 2.33 bits per heavy atom. The predicted octanol–water partition coefficient (Wildman–Crippen LogP) is 2.61. The van der Waals surface area contributed by atoms with Crippen LogP contribution in [0.15, 0.2) is 42.5 Å². The molecule has 2 aromatic carbocycles. The van der Waals surface area contributed by atoms with Crippen LogP contribution in [0.5, 0.6) is 0 Å². The summed E-state index contributed by atoms with van der Waals surface area (Å²) >= 11 is 5.78. The van der Waals surface area contributed by atoms with Gasteiger partial charge in [0.1, 0.15) is 0 Å². The topological polar surface area (TPSA) is 69.1 Å². The van der Waals surface area contributed by atoms with Crippen LogP contribution in [0.2, 0.25) is 5.02 Å². The summed E-state index contributed by atoms with van der Waals surface area (Å²) in [6.45, 7) is 0.402. The molecular weight excluding hydrogens is 248 g/mol. The number of carbonyl (C=O) groups is 1. The van der Waals surface area contributed by atoms with Gasteiger partial charge in [0.2, 0.25) is 0 Å². The quantitative estimate of drug-likeness (QED) is 0.658. The average molecular weight is 261 g/mol. The van der Waals surface area contributed by atoms with Crippen LogP contribution in [0.4, 0.5) is 5.69 Å². The van der Waals surface area contributed by atoms with E-state index in [4.69, 9.17) is 23.1 Å². The van der Waals surface area contributed by atoms with Gasteiger partial charge in [-0.15, -0.1) is 0 Å². The predicted molar refractivity (Wildman–Crippen MR) is 73.6 cm³/mol. The van der Waals surface area contributed by atoms with Crippen LogP contribution >= 0.6 is 11.6 Å². The molecule has 0 aromatic heterocycles. The van der Waals surface area contributed by atoms with E-state index in [2.05, 4.69) is 0 Å². The number of nitrogen functional groups attached to an aromatic ring is 1. The average Bonchev–Trinajstić information content (AvgIpc) is 2.38. The molecule has 0 aliphatic heterocycles. The molecule has 3 nitrogen and oxygen atoms in total. The van der Waals surface area contributed by atoms with Gasteiger partial charge < -0.3 is 11.5 Å². The standard InChI is InChI=1S/C14H13ClN2O/c15-11-4-2-10(3-5-11)14(18)12-6-1-9(8-16)7-13(12)17/h1-7H,8,16-17H2. The van der Waals surface area contributed by atoms with E-state index in [1.165, 1.54) is 0 Å². The van der Waals surface area contributed by atoms with Gasteiger partial charge in [-0.25, -0.2) is 0 Å². The minimum Gasteiger partial charge on any atom is -0.398 e. The zero-order valence-corrected chi connectivity index (χ0v) is 10.4. The van der Waals surface area contributed by atoms with Crippen LogP contribution in [-0.2, 0) is 6.54 Å². The molecule has 0 heterocycles. The smallest absolute Gasteiger partial charge is 0.195 e. The third-order valence-corrected chi connectivity index (χ3v) is 2.95.